The number of hydrogen-bond acceptors (Lipinski definition) is 2. The highest BCUT2D eigenvalue weighted by Gasteiger charge is 2.08. The maximum absolute atomic E-state index is 13.5. The zero-order valence-electron chi connectivity index (χ0n) is 10.1. The number of halogens is 1. The number of aryl methyl sites for hydroxylation is 2. The molecule has 0 saturated carbocycles. The van der Waals surface area contributed by atoms with Crippen LogP contribution < -0.4 is 0 Å². The first-order chi connectivity index (χ1) is 8.11. The second kappa shape index (κ2) is 4.80. The van der Waals surface area contributed by atoms with Crippen molar-refractivity contribution in [2.45, 2.75) is 20.8 Å². The van der Waals surface area contributed by atoms with Crippen molar-refractivity contribution in [2.24, 2.45) is 0 Å². The van der Waals surface area contributed by atoms with Gasteiger partial charge in [0.25, 0.3) is 0 Å². The summed E-state index contributed by atoms with van der Waals surface area (Å²) in [4.78, 5) is 5.37. The second-order valence-electron chi connectivity index (χ2n) is 4.01. The number of pyridine rings is 1. The molecule has 2 rings (SSSR count). The Bertz CT molecular complexity index is 569. The van der Waals surface area contributed by atoms with Gasteiger partial charge in [-0.3, -0.25) is 4.98 Å². The van der Waals surface area contributed by atoms with Crippen molar-refractivity contribution in [3.05, 3.63) is 46.6 Å². The smallest absolute Gasteiger partial charge is 0.144 e. The molecule has 0 amide bonds. The molecule has 0 atom stereocenters. The molecule has 0 N–H and O–H groups in total. The molecule has 0 aliphatic carbocycles. The molecule has 0 spiro atoms. The van der Waals surface area contributed by atoms with Crippen LogP contribution in [0.15, 0.2) is 29.8 Å². The zero-order valence-corrected chi connectivity index (χ0v) is 10.9. The highest BCUT2D eigenvalue weighted by atomic mass is 32.1. The molecule has 0 saturated heterocycles. The van der Waals surface area contributed by atoms with E-state index in [1.54, 1.807) is 24.5 Å². The molecule has 0 radical (unpaired) electrons. The summed E-state index contributed by atoms with van der Waals surface area (Å²) < 4.78 is 13.5. The normalized spacial score (nSPS) is 11.9. The van der Waals surface area contributed by atoms with Gasteiger partial charge < -0.3 is 0 Å². The molecule has 0 fully saturated rings. The van der Waals surface area contributed by atoms with Gasteiger partial charge in [0, 0.05) is 16.6 Å². The van der Waals surface area contributed by atoms with E-state index in [1.807, 2.05) is 13.0 Å². The average molecular weight is 247 g/mol. The first kappa shape index (κ1) is 12.0. The minimum Gasteiger partial charge on any atom is -0.253 e. The highest BCUT2D eigenvalue weighted by molar-refractivity contribution is 7.13. The van der Waals surface area contributed by atoms with Gasteiger partial charge in [-0.2, -0.15) is 0 Å². The molecule has 0 unspecified atom stereocenters. The molecule has 3 heteroatoms. The van der Waals surface area contributed by atoms with Crippen molar-refractivity contribution in [2.75, 3.05) is 0 Å². The molecule has 0 aromatic carbocycles. The maximum Gasteiger partial charge on any atom is 0.144 e. The van der Waals surface area contributed by atoms with Crippen molar-refractivity contribution in [3.8, 4) is 10.4 Å². The van der Waals surface area contributed by atoms with Crippen LogP contribution in [0.25, 0.3) is 16.3 Å². The van der Waals surface area contributed by atoms with Crippen molar-refractivity contribution in [1.82, 2.24) is 4.98 Å². The van der Waals surface area contributed by atoms with Gasteiger partial charge in [0.15, 0.2) is 0 Å². The van der Waals surface area contributed by atoms with E-state index in [4.69, 9.17) is 0 Å². The van der Waals surface area contributed by atoms with Crippen LogP contribution in [0.1, 0.15) is 23.7 Å². The summed E-state index contributed by atoms with van der Waals surface area (Å²) >= 11 is 1.68. The van der Waals surface area contributed by atoms with E-state index in [0.29, 0.717) is 5.69 Å². The molecule has 0 aliphatic heterocycles. The largest absolute Gasteiger partial charge is 0.253 e. The topological polar surface area (TPSA) is 12.9 Å². The summed E-state index contributed by atoms with van der Waals surface area (Å²) in [6.45, 7) is 5.62. The molecular weight excluding hydrogens is 233 g/mol. The Kier molecular flexibility index (Phi) is 3.38. The third kappa shape index (κ3) is 2.44. The van der Waals surface area contributed by atoms with Crippen LogP contribution in [-0.2, 0) is 0 Å². The minimum atomic E-state index is -0.267. The van der Waals surface area contributed by atoms with E-state index < -0.39 is 0 Å². The molecule has 2 aromatic rings. The highest BCUT2D eigenvalue weighted by Crippen LogP contribution is 2.29. The van der Waals surface area contributed by atoms with Gasteiger partial charge in [-0.1, -0.05) is 0 Å². The number of rotatable bonds is 2. The van der Waals surface area contributed by atoms with E-state index >= 15 is 0 Å². The number of nitrogens with zero attached hydrogens (tertiary/aromatic N) is 1. The summed E-state index contributed by atoms with van der Waals surface area (Å²) in [6, 6.07) is 4.10. The van der Waals surface area contributed by atoms with Gasteiger partial charge in [-0.25, -0.2) is 4.39 Å². The molecule has 17 heavy (non-hydrogen) atoms. The zero-order chi connectivity index (χ0) is 12.4. The molecule has 2 aromatic heterocycles. The number of thiophene rings is 1. The predicted molar refractivity (Wildman–Crippen MR) is 71.8 cm³/mol. The number of aromatic nitrogens is 1. The summed E-state index contributed by atoms with van der Waals surface area (Å²) in [6.07, 6.45) is 3.17. The van der Waals surface area contributed by atoms with E-state index in [-0.39, 0.29) is 5.83 Å². The number of allylic oxidation sites excluding steroid dienone is 1. The average Bonchev–Trinajstić information content (AvgIpc) is 2.75. The predicted octanol–water partition coefficient (Wildman–Crippen LogP) is 4.76. The molecule has 2 heterocycles. The van der Waals surface area contributed by atoms with Crippen LogP contribution in [0.4, 0.5) is 4.39 Å². The lowest BCUT2D eigenvalue weighted by Gasteiger charge is -2.04. The van der Waals surface area contributed by atoms with Crippen LogP contribution >= 0.6 is 11.3 Å². The fourth-order valence-corrected chi connectivity index (χ4v) is 2.56. The summed E-state index contributed by atoms with van der Waals surface area (Å²) in [5.41, 5.74) is 3.59. The Hall–Kier alpha value is -1.48. The van der Waals surface area contributed by atoms with Crippen LogP contribution in [0.2, 0.25) is 0 Å². The lowest BCUT2D eigenvalue weighted by molar-refractivity contribution is 0.749. The SMILES string of the molecule is C/C=C(/F)c1ncc(-c2cc(C)cs2)cc1C. The van der Waals surface area contributed by atoms with E-state index in [1.165, 1.54) is 16.5 Å². The van der Waals surface area contributed by atoms with Crippen molar-refractivity contribution >= 4 is 17.2 Å². The van der Waals surface area contributed by atoms with E-state index in [9.17, 15) is 4.39 Å². The van der Waals surface area contributed by atoms with Crippen LogP contribution in [0.3, 0.4) is 0 Å². The van der Waals surface area contributed by atoms with Gasteiger partial charge >= 0.3 is 0 Å². The first-order valence-electron chi connectivity index (χ1n) is 5.46. The lowest BCUT2D eigenvalue weighted by atomic mass is 10.1. The third-order valence-corrected chi connectivity index (χ3v) is 3.67. The molecular formula is C14H14FNS. The second-order valence-corrected chi connectivity index (χ2v) is 4.93. The molecule has 0 aliphatic rings. The van der Waals surface area contributed by atoms with E-state index in [2.05, 4.69) is 23.4 Å². The summed E-state index contributed by atoms with van der Waals surface area (Å²) in [5.74, 6) is -0.267. The van der Waals surface area contributed by atoms with Crippen molar-refractivity contribution < 1.29 is 4.39 Å². The van der Waals surface area contributed by atoms with Gasteiger partial charge in [0.1, 0.15) is 11.5 Å². The lowest BCUT2D eigenvalue weighted by Crippen LogP contribution is -1.90. The van der Waals surface area contributed by atoms with Crippen LogP contribution in [-0.4, -0.2) is 4.98 Å². The monoisotopic (exact) mass is 247 g/mol. The molecule has 1 nitrogen and oxygen atoms in total. The quantitative estimate of drug-likeness (QED) is 0.745. The maximum atomic E-state index is 13.5. The third-order valence-electron chi connectivity index (χ3n) is 2.57. The first-order valence-corrected chi connectivity index (χ1v) is 6.34. The van der Waals surface area contributed by atoms with Gasteiger partial charge in [-0.15, -0.1) is 11.3 Å². The molecule has 88 valence electrons. The Morgan fingerprint density at radius 2 is 2.12 bits per heavy atom. The van der Waals surface area contributed by atoms with Crippen molar-refractivity contribution in [3.63, 3.8) is 0 Å². The van der Waals surface area contributed by atoms with Crippen molar-refractivity contribution in [1.29, 1.82) is 0 Å². The fraction of sp³-hybridized carbons (Fsp3) is 0.214. The molecule has 0 bridgehead atoms. The fourth-order valence-electron chi connectivity index (χ4n) is 1.68. The number of hydrogen-bond donors (Lipinski definition) is 0. The van der Waals surface area contributed by atoms with Gasteiger partial charge in [0.2, 0.25) is 0 Å². The van der Waals surface area contributed by atoms with Crippen LogP contribution in [0, 0.1) is 13.8 Å². The van der Waals surface area contributed by atoms with Gasteiger partial charge in [0.05, 0.1) is 0 Å². The van der Waals surface area contributed by atoms with Crippen LogP contribution in [0.5, 0.6) is 0 Å². The van der Waals surface area contributed by atoms with Gasteiger partial charge in [-0.05, 0) is 55.5 Å². The Morgan fingerprint density at radius 3 is 2.65 bits per heavy atom. The Balaban J connectivity index is 2.44. The van der Waals surface area contributed by atoms with E-state index in [0.717, 1.165) is 11.1 Å². The standard InChI is InChI=1S/C14H14FNS/c1-4-12(15)14-10(3)6-11(7-16-14)13-5-9(2)8-17-13/h4-8H,1-3H3/b12-4+. The summed E-state index contributed by atoms with van der Waals surface area (Å²) in [5, 5.41) is 2.10. The summed E-state index contributed by atoms with van der Waals surface area (Å²) in [7, 11) is 0. The Morgan fingerprint density at radius 1 is 1.35 bits per heavy atom. The minimum absolute atomic E-state index is 0.267. The Labute approximate surface area is 105 Å².